The lowest BCUT2D eigenvalue weighted by Gasteiger charge is -2.12. The number of rotatable bonds is 2. The van der Waals surface area contributed by atoms with Crippen molar-refractivity contribution >= 4 is 15.5 Å². The van der Waals surface area contributed by atoms with Crippen LogP contribution >= 0.6 is 0 Å². The number of hydrogen-bond acceptors (Lipinski definition) is 2. The van der Waals surface area contributed by atoms with Gasteiger partial charge in [-0.1, -0.05) is 13.8 Å². The highest BCUT2D eigenvalue weighted by Gasteiger charge is 2.04. The molecule has 0 aromatic rings. The lowest BCUT2D eigenvalue weighted by atomic mass is 10.6. The highest BCUT2D eigenvalue weighted by atomic mass is 32.2. The zero-order chi connectivity index (χ0) is 8.15. The first kappa shape index (κ1) is 9.61. The van der Waals surface area contributed by atoms with Gasteiger partial charge in [0.05, 0.1) is 0 Å². The van der Waals surface area contributed by atoms with E-state index in [1.165, 1.54) is 4.90 Å². The maximum atomic E-state index is 10.1. The van der Waals surface area contributed by atoms with E-state index in [1.807, 2.05) is 0 Å². The van der Waals surface area contributed by atoms with E-state index in [4.69, 9.17) is 5.11 Å². The van der Waals surface area contributed by atoms with Crippen LogP contribution in [-0.4, -0.2) is 36.7 Å². The third-order valence-corrected chi connectivity index (χ3v) is 1.74. The zero-order valence-corrected chi connectivity index (χ0v) is 6.85. The number of nitrogens with zero attached hydrogens (tertiary/aromatic N) is 1. The first-order chi connectivity index (χ1) is 4.63. The Kier molecular flexibility index (Phi) is 4.26. The summed E-state index contributed by atoms with van der Waals surface area (Å²) in [7, 11) is -2.49. The van der Waals surface area contributed by atoms with Crippen LogP contribution in [0.2, 0.25) is 0 Å². The SMILES string of the molecule is CCN(CC)C(O)=S(=O)=O. The Labute approximate surface area is 61.6 Å². The van der Waals surface area contributed by atoms with E-state index in [0.717, 1.165) is 0 Å². The Hall–Kier alpha value is -0.390. The highest BCUT2D eigenvalue weighted by Crippen LogP contribution is 1.84. The summed E-state index contributed by atoms with van der Waals surface area (Å²) in [5.74, 6) is 0. The van der Waals surface area contributed by atoms with Gasteiger partial charge in [0.15, 0.2) is 0 Å². The first-order valence-corrected chi connectivity index (χ1v) is 4.11. The van der Waals surface area contributed by atoms with Crippen molar-refractivity contribution < 1.29 is 13.5 Å². The van der Waals surface area contributed by atoms with E-state index >= 15 is 0 Å². The van der Waals surface area contributed by atoms with Gasteiger partial charge in [-0.3, -0.25) is 0 Å². The normalized spacial score (nSPS) is 10.0. The summed E-state index contributed by atoms with van der Waals surface area (Å²) < 4.78 is 20.3. The molecule has 1 N–H and O–H groups in total. The third kappa shape index (κ3) is 2.47. The van der Waals surface area contributed by atoms with E-state index in [-0.39, 0.29) is 0 Å². The molecule has 0 radical (unpaired) electrons. The number of aliphatic hydroxyl groups excluding tert-OH is 1. The summed E-state index contributed by atoms with van der Waals surface area (Å²) in [4.78, 5) is 1.35. The quantitative estimate of drug-likeness (QED) is 0.578. The molecule has 0 bridgehead atoms. The van der Waals surface area contributed by atoms with Crippen molar-refractivity contribution in [3.8, 4) is 0 Å². The third-order valence-electron chi connectivity index (χ3n) is 1.18. The van der Waals surface area contributed by atoms with Crippen molar-refractivity contribution in [2.75, 3.05) is 13.1 Å². The average Bonchev–Trinajstić information content (AvgIpc) is 1.90. The van der Waals surface area contributed by atoms with Crippen molar-refractivity contribution in [1.29, 1.82) is 0 Å². The Balaban J connectivity index is 4.47. The molecular weight excluding hydrogens is 154 g/mol. The number of aliphatic hydroxyl groups is 1. The van der Waals surface area contributed by atoms with Gasteiger partial charge in [0.2, 0.25) is 5.17 Å². The summed E-state index contributed by atoms with van der Waals surface area (Å²) in [5.41, 5.74) is 0. The standard InChI is InChI=1S/C5H11NO3S/c1-3-6(4-2)5(7)10(8)9/h7H,3-4H2,1-2H3. The van der Waals surface area contributed by atoms with Gasteiger partial charge in [0.1, 0.15) is 0 Å². The molecule has 0 aliphatic carbocycles. The van der Waals surface area contributed by atoms with Crippen LogP contribution in [0.5, 0.6) is 0 Å². The molecule has 0 atom stereocenters. The lowest BCUT2D eigenvalue weighted by Crippen LogP contribution is -2.30. The van der Waals surface area contributed by atoms with Gasteiger partial charge in [-0.15, -0.1) is 0 Å². The van der Waals surface area contributed by atoms with Crippen molar-refractivity contribution in [2.24, 2.45) is 0 Å². The summed E-state index contributed by atoms with van der Waals surface area (Å²) in [6.45, 7) is 4.53. The molecule has 0 spiro atoms. The summed E-state index contributed by atoms with van der Waals surface area (Å²) in [6.07, 6.45) is 0. The largest absolute Gasteiger partial charge is 0.339 e. The molecular formula is C5H11NO3S. The summed E-state index contributed by atoms with van der Waals surface area (Å²) in [5, 5.41) is 8.24. The Morgan fingerprint density at radius 2 is 1.80 bits per heavy atom. The van der Waals surface area contributed by atoms with Crippen LogP contribution in [0.15, 0.2) is 0 Å². The topological polar surface area (TPSA) is 57.6 Å². The average molecular weight is 165 g/mol. The minimum absolute atomic E-state index is 0.496. The lowest BCUT2D eigenvalue weighted by molar-refractivity contribution is 0.369. The van der Waals surface area contributed by atoms with Gasteiger partial charge in [0.25, 0.3) is 10.3 Å². The predicted octanol–water partition coefficient (Wildman–Crippen LogP) is -0.147. The Morgan fingerprint density at radius 1 is 1.40 bits per heavy atom. The van der Waals surface area contributed by atoms with Crippen LogP contribution in [0.1, 0.15) is 13.8 Å². The maximum absolute atomic E-state index is 10.1. The molecule has 0 unspecified atom stereocenters. The fourth-order valence-corrected chi connectivity index (χ4v) is 1.07. The minimum atomic E-state index is -2.49. The van der Waals surface area contributed by atoms with Crippen LogP contribution in [0, 0.1) is 0 Å². The molecule has 0 amide bonds. The van der Waals surface area contributed by atoms with Crippen LogP contribution in [0.4, 0.5) is 0 Å². The van der Waals surface area contributed by atoms with E-state index in [1.54, 1.807) is 13.8 Å². The Bertz CT molecular complexity index is 207. The molecule has 0 saturated carbocycles. The second-order valence-corrected chi connectivity index (χ2v) is 2.52. The summed E-state index contributed by atoms with van der Waals surface area (Å²) in [6, 6.07) is 0. The second-order valence-electron chi connectivity index (χ2n) is 1.69. The summed E-state index contributed by atoms with van der Waals surface area (Å²) >= 11 is 0. The molecule has 4 nitrogen and oxygen atoms in total. The molecule has 60 valence electrons. The molecule has 0 aromatic heterocycles. The maximum Gasteiger partial charge on any atom is 0.257 e. The fraction of sp³-hybridized carbons (Fsp3) is 0.800. The van der Waals surface area contributed by atoms with E-state index < -0.39 is 15.5 Å². The van der Waals surface area contributed by atoms with Crippen molar-refractivity contribution in [3.05, 3.63) is 0 Å². The van der Waals surface area contributed by atoms with Gasteiger partial charge < -0.3 is 5.11 Å². The van der Waals surface area contributed by atoms with Crippen LogP contribution in [0.25, 0.3) is 0 Å². The highest BCUT2D eigenvalue weighted by molar-refractivity contribution is 7.72. The molecule has 0 rings (SSSR count). The van der Waals surface area contributed by atoms with E-state index in [2.05, 4.69) is 0 Å². The van der Waals surface area contributed by atoms with E-state index in [0.29, 0.717) is 13.1 Å². The molecule has 0 aromatic carbocycles. The molecule has 5 heteroatoms. The smallest absolute Gasteiger partial charge is 0.257 e. The molecule has 0 aliphatic heterocycles. The molecule has 0 saturated heterocycles. The van der Waals surface area contributed by atoms with Gasteiger partial charge in [-0.2, -0.15) is 8.42 Å². The van der Waals surface area contributed by atoms with Gasteiger partial charge in [0, 0.05) is 13.1 Å². The van der Waals surface area contributed by atoms with Crippen molar-refractivity contribution in [3.63, 3.8) is 0 Å². The molecule has 0 heterocycles. The minimum Gasteiger partial charge on any atom is -0.339 e. The van der Waals surface area contributed by atoms with Gasteiger partial charge >= 0.3 is 0 Å². The van der Waals surface area contributed by atoms with Crippen molar-refractivity contribution in [1.82, 2.24) is 4.90 Å². The zero-order valence-electron chi connectivity index (χ0n) is 6.03. The van der Waals surface area contributed by atoms with Gasteiger partial charge in [-0.05, 0) is 0 Å². The van der Waals surface area contributed by atoms with Crippen LogP contribution in [0.3, 0.4) is 0 Å². The first-order valence-electron chi connectivity index (χ1n) is 3.03. The van der Waals surface area contributed by atoms with Crippen molar-refractivity contribution in [2.45, 2.75) is 13.8 Å². The predicted molar refractivity (Wildman–Crippen MR) is 39.5 cm³/mol. The molecule has 0 aliphatic rings. The fourth-order valence-electron chi connectivity index (χ4n) is 0.600. The molecule has 0 fully saturated rings. The van der Waals surface area contributed by atoms with Crippen LogP contribution in [-0.2, 0) is 10.3 Å². The number of hydrogen-bond donors (Lipinski definition) is 1. The monoisotopic (exact) mass is 165 g/mol. The Morgan fingerprint density at radius 3 is 1.90 bits per heavy atom. The molecule has 10 heavy (non-hydrogen) atoms. The second kappa shape index (κ2) is 4.43. The van der Waals surface area contributed by atoms with Gasteiger partial charge in [-0.25, -0.2) is 4.90 Å². The van der Waals surface area contributed by atoms with Crippen LogP contribution < -0.4 is 0 Å². The van der Waals surface area contributed by atoms with E-state index in [9.17, 15) is 8.42 Å².